The van der Waals surface area contributed by atoms with Crippen LogP contribution >= 0.6 is 0 Å². The van der Waals surface area contributed by atoms with Crippen LogP contribution < -0.4 is 0 Å². The molecule has 1 aliphatic heterocycles. The lowest BCUT2D eigenvalue weighted by Crippen LogP contribution is -2.42. The highest BCUT2D eigenvalue weighted by Gasteiger charge is 2.30. The minimum Gasteiger partial charge on any atom is -0.340 e. The number of hydrogen-bond acceptors (Lipinski definition) is 6. The van der Waals surface area contributed by atoms with Gasteiger partial charge in [0, 0.05) is 25.2 Å². The molecule has 0 saturated carbocycles. The van der Waals surface area contributed by atoms with Crippen LogP contribution in [-0.4, -0.2) is 58.5 Å². The molecule has 4 aromatic rings. The number of likely N-dealkylation sites (tertiary alicyclic amines) is 1. The number of carbonyl (C=O) groups is 1. The zero-order chi connectivity index (χ0) is 19.1. The van der Waals surface area contributed by atoms with Crippen LogP contribution in [0.4, 0.5) is 0 Å². The summed E-state index contributed by atoms with van der Waals surface area (Å²) in [5.74, 6) is 0.845. The fourth-order valence-electron chi connectivity index (χ4n) is 4.03. The van der Waals surface area contributed by atoms with Gasteiger partial charge in [-0.15, -0.1) is 5.10 Å². The SMILES string of the molecule is C[C@@H](C(=O)N1CCC[C@H](c2ccnc3ncnn23)C1)n1nnc2ccccc21. The number of amides is 1. The van der Waals surface area contributed by atoms with E-state index in [1.165, 1.54) is 6.33 Å². The van der Waals surface area contributed by atoms with Gasteiger partial charge in [-0.1, -0.05) is 17.3 Å². The maximum absolute atomic E-state index is 13.2. The second-order valence-electron chi connectivity index (χ2n) is 7.16. The molecule has 0 radical (unpaired) electrons. The van der Waals surface area contributed by atoms with Crippen LogP contribution in [0.3, 0.4) is 0 Å². The number of carbonyl (C=O) groups excluding carboxylic acids is 1. The lowest BCUT2D eigenvalue weighted by molar-refractivity contribution is -0.135. The van der Waals surface area contributed by atoms with E-state index in [-0.39, 0.29) is 11.8 Å². The molecule has 9 nitrogen and oxygen atoms in total. The number of aromatic nitrogens is 7. The van der Waals surface area contributed by atoms with E-state index < -0.39 is 6.04 Å². The molecule has 0 unspecified atom stereocenters. The van der Waals surface area contributed by atoms with E-state index >= 15 is 0 Å². The summed E-state index contributed by atoms with van der Waals surface area (Å²) in [4.78, 5) is 23.5. The lowest BCUT2D eigenvalue weighted by Gasteiger charge is -2.34. The lowest BCUT2D eigenvalue weighted by atomic mass is 9.94. The Morgan fingerprint density at radius 3 is 3.04 bits per heavy atom. The van der Waals surface area contributed by atoms with Crippen molar-refractivity contribution in [3.05, 3.63) is 48.5 Å². The molecule has 1 aliphatic rings. The summed E-state index contributed by atoms with van der Waals surface area (Å²) in [6.07, 6.45) is 5.21. The summed E-state index contributed by atoms with van der Waals surface area (Å²) in [6.45, 7) is 3.28. The third-order valence-corrected chi connectivity index (χ3v) is 5.46. The normalized spacial score (nSPS) is 18.6. The van der Waals surface area contributed by atoms with Gasteiger partial charge in [0.1, 0.15) is 17.9 Å². The molecule has 142 valence electrons. The van der Waals surface area contributed by atoms with E-state index in [1.54, 1.807) is 15.4 Å². The Bertz CT molecular complexity index is 1150. The van der Waals surface area contributed by atoms with Gasteiger partial charge >= 0.3 is 0 Å². The van der Waals surface area contributed by atoms with Gasteiger partial charge in [-0.3, -0.25) is 4.79 Å². The first kappa shape index (κ1) is 16.8. The first-order valence-electron chi connectivity index (χ1n) is 9.46. The molecule has 5 rings (SSSR count). The summed E-state index contributed by atoms with van der Waals surface area (Å²) >= 11 is 0. The molecule has 0 spiro atoms. The molecule has 0 N–H and O–H groups in total. The second-order valence-corrected chi connectivity index (χ2v) is 7.16. The van der Waals surface area contributed by atoms with Gasteiger partial charge in [0.25, 0.3) is 5.78 Å². The molecule has 1 fully saturated rings. The average molecular weight is 376 g/mol. The van der Waals surface area contributed by atoms with E-state index in [0.717, 1.165) is 36.1 Å². The van der Waals surface area contributed by atoms with E-state index in [2.05, 4.69) is 25.4 Å². The van der Waals surface area contributed by atoms with Crippen molar-refractivity contribution in [3.63, 3.8) is 0 Å². The maximum atomic E-state index is 13.2. The first-order valence-corrected chi connectivity index (χ1v) is 9.46. The fraction of sp³-hybridized carbons (Fsp3) is 0.368. The number of hydrogen-bond donors (Lipinski definition) is 0. The zero-order valence-corrected chi connectivity index (χ0v) is 15.5. The number of piperidine rings is 1. The number of para-hydroxylation sites is 1. The number of nitrogens with zero attached hydrogens (tertiary/aromatic N) is 8. The van der Waals surface area contributed by atoms with Crippen LogP contribution in [0.5, 0.6) is 0 Å². The Hall–Kier alpha value is -3.36. The minimum absolute atomic E-state index is 0.0595. The van der Waals surface area contributed by atoms with Crippen LogP contribution in [0.1, 0.15) is 37.4 Å². The number of fused-ring (bicyclic) bond motifs is 2. The van der Waals surface area contributed by atoms with Crippen molar-refractivity contribution in [2.45, 2.75) is 31.7 Å². The topological polar surface area (TPSA) is 94.1 Å². The molecule has 4 heterocycles. The standard InChI is InChI=1S/C19H20N8O/c1-13(26-17-7-3-2-6-15(17)23-24-26)18(28)25-10-4-5-14(11-25)16-8-9-20-19-21-12-22-27(16)19/h2-3,6-9,12-14H,4-5,10-11H2,1H3/t13-,14-/m0/s1. The van der Waals surface area contributed by atoms with Gasteiger partial charge in [-0.05, 0) is 38.0 Å². The third-order valence-electron chi connectivity index (χ3n) is 5.46. The van der Waals surface area contributed by atoms with E-state index in [9.17, 15) is 4.79 Å². The molecule has 2 atom stereocenters. The summed E-state index contributed by atoms with van der Waals surface area (Å²) in [7, 11) is 0. The molecule has 3 aromatic heterocycles. The van der Waals surface area contributed by atoms with Crippen molar-refractivity contribution in [1.82, 2.24) is 39.5 Å². The van der Waals surface area contributed by atoms with Gasteiger partial charge in [0.2, 0.25) is 5.91 Å². The smallest absolute Gasteiger partial charge is 0.252 e. The average Bonchev–Trinajstić information content (AvgIpc) is 3.39. The highest BCUT2D eigenvalue weighted by Crippen LogP contribution is 2.28. The van der Waals surface area contributed by atoms with Crippen LogP contribution in [-0.2, 0) is 4.79 Å². The van der Waals surface area contributed by atoms with Crippen molar-refractivity contribution in [2.24, 2.45) is 0 Å². The Labute approximate surface area is 161 Å². The fourth-order valence-corrected chi connectivity index (χ4v) is 4.03. The maximum Gasteiger partial charge on any atom is 0.252 e. The summed E-state index contributed by atoms with van der Waals surface area (Å²) < 4.78 is 3.48. The van der Waals surface area contributed by atoms with Gasteiger partial charge in [-0.25, -0.2) is 14.2 Å². The first-order chi connectivity index (χ1) is 13.7. The summed E-state index contributed by atoms with van der Waals surface area (Å²) in [5, 5.41) is 12.7. The largest absolute Gasteiger partial charge is 0.340 e. The third kappa shape index (κ3) is 2.70. The molecule has 0 bridgehead atoms. The van der Waals surface area contributed by atoms with Crippen molar-refractivity contribution >= 4 is 22.7 Å². The second kappa shape index (κ2) is 6.66. The van der Waals surface area contributed by atoms with Gasteiger partial charge in [0.15, 0.2) is 0 Å². The monoisotopic (exact) mass is 376 g/mol. The molecule has 9 heteroatoms. The van der Waals surface area contributed by atoms with Crippen LogP contribution in [0.2, 0.25) is 0 Å². The zero-order valence-electron chi connectivity index (χ0n) is 15.5. The highest BCUT2D eigenvalue weighted by atomic mass is 16.2. The number of benzene rings is 1. The molecular formula is C19H20N8O. The summed E-state index contributed by atoms with van der Waals surface area (Å²) in [6, 6.07) is 9.26. The Kier molecular flexibility index (Phi) is 4.00. The highest BCUT2D eigenvalue weighted by molar-refractivity contribution is 5.83. The van der Waals surface area contributed by atoms with Crippen LogP contribution in [0.15, 0.2) is 42.9 Å². The molecule has 1 saturated heterocycles. The quantitative estimate of drug-likeness (QED) is 0.541. The minimum atomic E-state index is -0.407. The van der Waals surface area contributed by atoms with Crippen molar-refractivity contribution < 1.29 is 4.79 Å². The van der Waals surface area contributed by atoms with E-state index in [0.29, 0.717) is 12.3 Å². The predicted octanol–water partition coefficient (Wildman–Crippen LogP) is 1.84. The van der Waals surface area contributed by atoms with Crippen molar-refractivity contribution in [2.75, 3.05) is 13.1 Å². The van der Waals surface area contributed by atoms with E-state index in [4.69, 9.17) is 0 Å². The Morgan fingerprint density at radius 1 is 1.21 bits per heavy atom. The molecule has 0 aliphatic carbocycles. The molecule has 28 heavy (non-hydrogen) atoms. The predicted molar refractivity (Wildman–Crippen MR) is 102 cm³/mol. The molecule has 1 aromatic carbocycles. The molecule has 1 amide bonds. The Balaban J connectivity index is 1.40. The van der Waals surface area contributed by atoms with Gasteiger partial charge < -0.3 is 4.90 Å². The van der Waals surface area contributed by atoms with Gasteiger partial charge in [-0.2, -0.15) is 10.1 Å². The van der Waals surface area contributed by atoms with Crippen LogP contribution in [0, 0.1) is 0 Å². The molecular weight excluding hydrogens is 356 g/mol. The van der Waals surface area contributed by atoms with Crippen LogP contribution in [0.25, 0.3) is 16.8 Å². The van der Waals surface area contributed by atoms with E-state index in [1.807, 2.05) is 42.2 Å². The van der Waals surface area contributed by atoms with Crippen molar-refractivity contribution in [3.8, 4) is 0 Å². The Morgan fingerprint density at radius 2 is 2.11 bits per heavy atom. The van der Waals surface area contributed by atoms with Crippen molar-refractivity contribution in [1.29, 1.82) is 0 Å². The van der Waals surface area contributed by atoms with Gasteiger partial charge in [0.05, 0.1) is 11.2 Å². The number of rotatable bonds is 3. The summed E-state index contributed by atoms with van der Waals surface area (Å²) in [5.41, 5.74) is 2.71.